The molecule has 0 N–H and O–H groups in total. The van der Waals surface area contributed by atoms with Gasteiger partial charge in [0, 0.05) is 5.57 Å². The van der Waals surface area contributed by atoms with Crippen molar-refractivity contribution in [2.24, 2.45) is 0 Å². The molecule has 0 radical (unpaired) electrons. The van der Waals surface area contributed by atoms with E-state index in [1.54, 1.807) is 0 Å². The lowest BCUT2D eigenvalue weighted by atomic mass is 9.96. The van der Waals surface area contributed by atoms with E-state index in [9.17, 15) is 19.7 Å². The van der Waals surface area contributed by atoms with Gasteiger partial charge in [0.2, 0.25) is 0 Å². The van der Waals surface area contributed by atoms with Crippen molar-refractivity contribution < 1.29 is 14.5 Å². The summed E-state index contributed by atoms with van der Waals surface area (Å²) in [4.78, 5) is 31.9. The van der Waals surface area contributed by atoms with E-state index in [2.05, 4.69) is 0 Å². The molecular formula is C8H7NO4. The van der Waals surface area contributed by atoms with Gasteiger partial charge in [-0.3, -0.25) is 19.7 Å². The first-order valence-corrected chi connectivity index (χ1v) is 3.57. The SMILES string of the molecule is CC1=CC(=O)C(C)=C([N+](=O)[O-])C1=O. The van der Waals surface area contributed by atoms with Crippen molar-refractivity contribution >= 4 is 11.6 Å². The molecule has 0 aliphatic heterocycles. The van der Waals surface area contributed by atoms with Gasteiger partial charge in [-0.25, -0.2) is 0 Å². The average Bonchev–Trinajstić information content (AvgIpc) is 2.01. The van der Waals surface area contributed by atoms with E-state index in [1.165, 1.54) is 13.8 Å². The zero-order valence-electron chi connectivity index (χ0n) is 7.16. The van der Waals surface area contributed by atoms with Gasteiger partial charge in [-0.2, -0.15) is 0 Å². The predicted molar refractivity (Wildman–Crippen MR) is 43.5 cm³/mol. The number of Topliss-reactive ketones (excluding diaryl/α,β-unsaturated/α-hetero) is 1. The maximum absolute atomic E-state index is 11.2. The average molecular weight is 181 g/mol. The molecule has 0 saturated heterocycles. The quantitative estimate of drug-likeness (QED) is 0.337. The van der Waals surface area contributed by atoms with Crippen LogP contribution in [-0.4, -0.2) is 16.5 Å². The first-order chi connectivity index (χ1) is 5.95. The maximum atomic E-state index is 11.2. The third-order valence-electron chi connectivity index (χ3n) is 1.83. The number of rotatable bonds is 1. The molecule has 0 heterocycles. The molecule has 1 aliphatic rings. The molecule has 0 unspecified atom stereocenters. The molecule has 0 aromatic rings. The molecule has 0 amide bonds. The van der Waals surface area contributed by atoms with Crippen molar-refractivity contribution in [3.8, 4) is 0 Å². The summed E-state index contributed by atoms with van der Waals surface area (Å²) in [5.41, 5.74) is -0.590. The van der Waals surface area contributed by atoms with E-state index >= 15 is 0 Å². The number of carbonyl (C=O) groups excluding carboxylic acids is 2. The molecule has 13 heavy (non-hydrogen) atoms. The van der Waals surface area contributed by atoms with Gasteiger partial charge in [0.25, 0.3) is 5.78 Å². The Bertz CT molecular complexity index is 376. The number of carbonyl (C=O) groups is 2. The van der Waals surface area contributed by atoms with Gasteiger partial charge in [-0.15, -0.1) is 0 Å². The van der Waals surface area contributed by atoms with Crippen LogP contribution in [0.4, 0.5) is 0 Å². The van der Waals surface area contributed by atoms with Crippen LogP contribution in [-0.2, 0) is 9.59 Å². The van der Waals surface area contributed by atoms with Crippen LogP contribution < -0.4 is 0 Å². The Balaban J connectivity index is 3.31. The Hall–Kier alpha value is -1.78. The lowest BCUT2D eigenvalue weighted by Gasteiger charge is -2.06. The molecule has 0 bridgehead atoms. The van der Waals surface area contributed by atoms with E-state index in [1.807, 2.05) is 0 Å². The van der Waals surface area contributed by atoms with Crippen LogP contribution in [0.1, 0.15) is 13.8 Å². The Morgan fingerprint density at radius 1 is 1.31 bits per heavy atom. The summed E-state index contributed by atoms with van der Waals surface area (Å²) in [5, 5.41) is 10.4. The highest BCUT2D eigenvalue weighted by Crippen LogP contribution is 2.18. The second-order valence-electron chi connectivity index (χ2n) is 2.75. The largest absolute Gasteiger partial charge is 0.323 e. The number of allylic oxidation sites excluding steroid dienone is 3. The summed E-state index contributed by atoms with van der Waals surface area (Å²) in [6.45, 7) is 2.66. The zero-order valence-corrected chi connectivity index (χ0v) is 7.16. The highest BCUT2D eigenvalue weighted by Gasteiger charge is 2.32. The molecule has 5 heteroatoms. The van der Waals surface area contributed by atoms with Crippen LogP contribution >= 0.6 is 0 Å². The summed E-state index contributed by atoms with van der Waals surface area (Å²) < 4.78 is 0. The fourth-order valence-corrected chi connectivity index (χ4v) is 1.06. The summed E-state index contributed by atoms with van der Waals surface area (Å²) >= 11 is 0. The second-order valence-corrected chi connectivity index (χ2v) is 2.75. The first kappa shape index (κ1) is 9.31. The Labute approximate surface area is 73.9 Å². The summed E-state index contributed by atoms with van der Waals surface area (Å²) in [6, 6.07) is 0. The van der Waals surface area contributed by atoms with Gasteiger partial charge in [-0.05, 0) is 19.9 Å². The van der Waals surface area contributed by atoms with Crippen molar-refractivity contribution in [1.82, 2.24) is 0 Å². The van der Waals surface area contributed by atoms with Crippen LogP contribution in [0.5, 0.6) is 0 Å². The van der Waals surface area contributed by atoms with Gasteiger partial charge in [-0.1, -0.05) is 0 Å². The maximum Gasteiger partial charge on any atom is 0.323 e. The first-order valence-electron chi connectivity index (χ1n) is 3.57. The van der Waals surface area contributed by atoms with Crippen molar-refractivity contribution in [3.05, 3.63) is 33.0 Å². The van der Waals surface area contributed by atoms with Crippen molar-refractivity contribution in [2.45, 2.75) is 13.8 Å². The smallest absolute Gasteiger partial charge is 0.289 e. The second kappa shape index (κ2) is 2.93. The number of hydrogen-bond acceptors (Lipinski definition) is 4. The normalized spacial score (nSPS) is 17.5. The van der Waals surface area contributed by atoms with Crippen LogP contribution in [0, 0.1) is 10.1 Å². The van der Waals surface area contributed by atoms with Gasteiger partial charge in [0.15, 0.2) is 5.78 Å². The minimum atomic E-state index is -0.813. The van der Waals surface area contributed by atoms with E-state index in [0.29, 0.717) is 0 Å². The molecule has 0 atom stereocenters. The Morgan fingerprint density at radius 3 is 2.31 bits per heavy atom. The van der Waals surface area contributed by atoms with E-state index in [0.717, 1.165) is 6.08 Å². The van der Waals surface area contributed by atoms with Gasteiger partial charge < -0.3 is 0 Å². The molecule has 0 fully saturated rings. The molecule has 68 valence electrons. The van der Waals surface area contributed by atoms with E-state index in [4.69, 9.17) is 0 Å². The number of ketones is 2. The van der Waals surface area contributed by atoms with Crippen LogP contribution in [0.2, 0.25) is 0 Å². The zero-order chi connectivity index (χ0) is 10.2. The van der Waals surface area contributed by atoms with Crippen LogP contribution in [0.3, 0.4) is 0 Å². The standard InChI is InChI=1S/C8H7NO4/c1-4-3-6(10)5(2)7(8(4)11)9(12)13/h3H,1-2H3. The molecule has 1 aliphatic carbocycles. The highest BCUT2D eigenvalue weighted by molar-refractivity contribution is 6.21. The molecule has 0 aromatic heterocycles. The molecule has 0 saturated carbocycles. The monoisotopic (exact) mass is 181 g/mol. The van der Waals surface area contributed by atoms with Gasteiger partial charge >= 0.3 is 5.70 Å². The topological polar surface area (TPSA) is 77.3 Å². The number of nitrogens with zero attached hydrogens (tertiary/aromatic N) is 1. The Kier molecular flexibility index (Phi) is 2.10. The Morgan fingerprint density at radius 2 is 1.85 bits per heavy atom. The summed E-state index contributed by atoms with van der Waals surface area (Å²) in [7, 11) is 0. The summed E-state index contributed by atoms with van der Waals surface area (Å²) in [5.74, 6) is -1.15. The minimum Gasteiger partial charge on any atom is -0.289 e. The highest BCUT2D eigenvalue weighted by atomic mass is 16.6. The molecule has 0 aromatic carbocycles. The fraction of sp³-hybridized carbons (Fsp3) is 0.250. The minimum absolute atomic E-state index is 0.0967. The lowest BCUT2D eigenvalue weighted by molar-refractivity contribution is -0.419. The third-order valence-corrected chi connectivity index (χ3v) is 1.83. The van der Waals surface area contributed by atoms with Gasteiger partial charge in [0.1, 0.15) is 0 Å². The fourth-order valence-electron chi connectivity index (χ4n) is 1.06. The number of hydrogen-bond donors (Lipinski definition) is 0. The van der Waals surface area contributed by atoms with Crippen molar-refractivity contribution in [3.63, 3.8) is 0 Å². The van der Waals surface area contributed by atoms with Crippen molar-refractivity contribution in [1.29, 1.82) is 0 Å². The number of nitro groups is 1. The molecule has 1 rings (SSSR count). The van der Waals surface area contributed by atoms with E-state index in [-0.39, 0.29) is 11.1 Å². The van der Waals surface area contributed by atoms with E-state index < -0.39 is 22.2 Å². The van der Waals surface area contributed by atoms with Crippen LogP contribution in [0.25, 0.3) is 0 Å². The molecule has 0 spiro atoms. The third kappa shape index (κ3) is 1.40. The van der Waals surface area contributed by atoms with Gasteiger partial charge in [0.05, 0.1) is 10.5 Å². The predicted octanol–water partition coefficient (Wildman–Crippen LogP) is 0.635. The molecular weight excluding hydrogens is 174 g/mol. The lowest BCUT2D eigenvalue weighted by Crippen LogP contribution is -2.21. The molecule has 5 nitrogen and oxygen atoms in total. The van der Waals surface area contributed by atoms with Crippen molar-refractivity contribution in [2.75, 3.05) is 0 Å². The van der Waals surface area contributed by atoms with Crippen LogP contribution in [0.15, 0.2) is 22.9 Å². The summed E-state index contributed by atoms with van der Waals surface area (Å²) in [6.07, 6.45) is 1.12.